The topological polar surface area (TPSA) is 67.8 Å². The van der Waals surface area contributed by atoms with Crippen LogP contribution < -0.4 is 5.73 Å². The van der Waals surface area contributed by atoms with E-state index in [1.165, 1.54) is 0 Å². The van der Waals surface area contributed by atoms with E-state index in [0.717, 1.165) is 5.69 Å². The van der Waals surface area contributed by atoms with Gasteiger partial charge in [0.15, 0.2) is 5.78 Å². The van der Waals surface area contributed by atoms with Gasteiger partial charge in [0.25, 0.3) is 0 Å². The number of azo groups is 1. The van der Waals surface area contributed by atoms with Crippen molar-refractivity contribution >= 4 is 17.2 Å². The first-order valence-electron chi connectivity index (χ1n) is 5.60. The van der Waals surface area contributed by atoms with Gasteiger partial charge in [-0.3, -0.25) is 4.79 Å². The molecule has 0 bridgehead atoms. The Morgan fingerprint density at radius 3 is 2.33 bits per heavy atom. The molecular formula is C14H13N3O. The Hall–Kier alpha value is -2.33. The summed E-state index contributed by atoms with van der Waals surface area (Å²) in [6.07, 6.45) is 0. The summed E-state index contributed by atoms with van der Waals surface area (Å²) in [5.74, 6) is -0.105. The lowest BCUT2D eigenvalue weighted by molar-refractivity contribution is 0.100. The number of nitrogens with two attached hydrogens (primary N) is 1. The van der Waals surface area contributed by atoms with Crippen LogP contribution in [0.4, 0.5) is 11.4 Å². The molecule has 0 saturated heterocycles. The molecule has 0 aliphatic carbocycles. The fourth-order valence-corrected chi connectivity index (χ4v) is 1.47. The summed E-state index contributed by atoms with van der Waals surface area (Å²) < 4.78 is 0. The van der Waals surface area contributed by atoms with E-state index in [1.54, 1.807) is 24.3 Å². The predicted molar refractivity (Wildman–Crippen MR) is 70.4 cm³/mol. The Balaban J connectivity index is 2.20. The summed E-state index contributed by atoms with van der Waals surface area (Å²) in [5.41, 5.74) is 7.28. The first kappa shape index (κ1) is 12.1. The molecule has 18 heavy (non-hydrogen) atoms. The van der Waals surface area contributed by atoms with Gasteiger partial charge in [-0.1, -0.05) is 30.3 Å². The van der Waals surface area contributed by atoms with Crippen LogP contribution in [-0.4, -0.2) is 12.3 Å². The lowest BCUT2D eigenvalue weighted by Gasteiger charge is -1.98. The van der Waals surface area contributed by atoms with Gasteiger partial charge >= 0.3 is 0 Å². The molecule has 2 N–H and O–H groups in total. The molecule has 4 heteroatoms. The minimum atomic E-state index is -0.105. The van der Waals surface area contributed by atoms with E-state index in [-0.39, 0.29) is 12.3 Å². The van der Waals surface area contributed by atoms with E-state index in [9.17, 15) is 4.79 Å². The summed E-state index contributed by atoms with van der Waals surface area (Å²) >= 11 is 0. The molecule has 0 heterocycles. The van der Waals surface area contributed by atoms with Gasteiger partial charge in [-0.15, -0.1) is 0 Å². The third-order valence-electron chi connectivity index (χ3n) is 2.39. The van der Waals surface area contributed by atoms with Crippen molar-refractivity contribution in [3.05, 3.63) is 60.2 Å². The summed E-state index contributed by atoms with van der Waals surface area (Å²) in [5, 5.41) is 8.17. The fraction of sp³-hybridized carbons (Fsp3) is 0.0714. The molecule has 2 aromatic carbocycles. The lowest BCUT2D eigenvalue weighted by Crippen LogP contribution is -2.13. The van der Waals surface area contributed by atoms with Crippen LogP contribution in [0.5, 0.6) is 0 Å². The molecule has 0 radical (unpaired) electrons. The summed E-state index contributed by atoms with van der Waals surface area (Å²) in [6.45, 7) is -0.000713. The van der Waals surface area contributed by atoms with Crippen molar-refractivity contribution in [3.8, 4) is 0 Å². The second-order valence-electron chi connectivity index (χ2n) is 3.71. The number of ketones is 1. The zero-order chi connectivity index (χ0) is 12.8. The third-order valence-corrected chi connectivity index (χ3v) is 2.39. The smallest absolute Gasteiger partial charge is 0.176 e. The molecule has 2 aromatic rings. The minimum absolute atomic E-state index is 0.000713. The van der Waals surface area contributed by atoms with Crippen LogP contribution in [0.1, 0.15) is 10.4 Å². The van der Waals surface area contributed by atoms with Crippen LogP contribution in [0.3, 0.4) is 0 Å². The molecule has 0 aliphatic heterocycles. The average Bonchev–Trinajstić information content (AvgIpc) is 2.45. The number of Topliss-reactive ketones (excluding diaryl/α,β-unsaturated/α-hetero) is 1. The van der Waals surface area contributed by atoms with Gasteiger partial charge in [0.05, 0.1) is 17.9 Å². The van der Waals surface area contributed by atoms with Gasteiger partial charge < -0.3 is 5.73 Å². The van der Waals surface area contributed by atoms with E-state index < -0.39 is 0 Å². The maximum absolute atomic E-state index is 11.4. The molecule has 0 unspecified atom stereocenters. The molecule has 2 rings (SSSR count). The second-order valence-corrected chi connectivity index (χ2v) is 3.71. The first-order valence-corrected chi connectivity index (χ1v) is 5.60. The SMILES string of the molecule is NCC(=O)c1cccc(N=Nc2ccccc2)c1. The van der Waals surface area contributed by atoms with Gasteiger partial charge in [0.2, 0.25) is 0 Å². The van der Waals surface area contributed by atoms with Crippen LogP contribution in [0.25, 0.3) is 0 Å². The monoisotopic (exact) mass is 239 g/mol. The highest BCUT2D eigenvalue weighted by Crippen LogP contribution is 2.18. The Morgan fingerprint density at radius 2 is 1.61 bits per heavy atom. The Morgan fingerprint density at radius 1 is 0.944 bits per heavy atom. The zero-order valence-corrected chi connectivity index (χ0v) is 9.78. The number of carbonyl (C=O) groups is 1. The van der Waals surface area contributed by atoms with Crippen molar-refractivity contribution in [3.63, 3.8) is 0 Å². The maximum atomic E-state index is 11.4. The van der Waals surface area contributed by atoms with Crippen LogP contribution >= 0.6 is 0 Å². The van der Waals surface area contributed by atoms with Gasteiger partial charge in [0, 0.05) is 5.56 Å². The largest absolute Gasteiger partial charge is 0.324 e. The zero-order valence-electron chi connectivity index (χ0n) is 9.78. The Bertz CT molecular complexity index is 564. The van der Waals surface area contributed by atoms with Gasteiger partial charge in [-0.2, -0.15) is 10.2 Å². The van der Waals surface area contributed by atoms with Crippen LogP contribution in [-0.2, 0) is 0 Å². The lowest BCUT2D eigenvalue weighted by atomic mass is 10.1. The molecule has 0 spiro atoms. The summed E-state index contributed by atoms with van der Waals surface area (Å²) in [6, 6.07) is 16.4. The number of nitrogens with zero attached hydrogens (tertiary/aromatic N) is 2. The van der Waals surface area contributed by atoms with E-state index in [1.807, 2.05) is 30.3 Å². The summed E-state index contributed by atoms with van der Waals surface area (Å²) in [4.78, 5) is 11.4. The van der Waals surface area contributed by atoms with Crippen molar-refractivity contribution in [2.45, 2.75) is 0 Å². The van der Waals surface area contributed by atoms with Gasteiger partial charge in [-0.05, 0) is 24.3 Å². The fourth-order valence-electron chi connectivity index (χ4n) is 1.47. The van der Waals surface area contributed by atoms with E-state index in [4.69, 9.17) is 5.73 Å². The molecule has 0 saturated carbocycles. The van der Waals surface area contributed by atoms with Gasteiger partial charge in [0.1, 0.15) is 0 Å². The minimum Gasteiger partial charge on any atom is -0.324 e. The van der Waals surface area contributed by atoms with Crippen molar-refractivity contribution in [1.29, 1.82) is 0 Å². The summed E-state index contributed by atoms with van der Waals surface area (Å²) in [7, 11) is 0. The van der Waals surface area contributed by atoms with Crippen molar-refractivity contribution in [2.75, 3.05) is 6.54 Å². The third kappa shape index (κ3) is 3.09. The van der Waals surface area contributed by atoms with Crippen molar-refractivity contribution in [2.24, 2.45) is 16.0 Å². The van der Waals surface area contributed by atoms with Crippen LogP contribution in [0.15, 0.2) is 64.8 Å². The highest BCUT2D eigenvalue weighted by Gasteiger charge is 2.03. The van der Waals surface area contributed by atoms with E-state index >= 15 is 0 Å². The molecule has 0 fully saturated rings. The predicted octanol–water partition coefficient (Wildman–Crippen LogP) is 3.24. The average molecular weight is 239 g/mol. The highest BCUT2D eigenvalue weighted by atomic mass is 16.1. The quantitative estimate of drug-likeness (QED) is 0.657. The second kappa shape index (κ2) is 5.84. The van der Waals surface area contributed by atoms with E-state index in [0.29, 0.717) is 11.3 Å². The standard InChI is InChI=1S/C14H13N3O/c15-10-14(18)11-5-4-8-13(9-11)17-16-12-6-2-1-3-7-12/h1-9H,10,15H2. The molecule has 0 aromatic heterocycles. The molecule has 0 amide bonds. The first-order chi connectivity index (χ1) is 8.79. The Labute approximate surface area is 105 Å². The molecule has 90 valence electrons. The molecular weight excluding hydrogens is 226 g/mol. The normalized spacial score (nSPS) is 10.7. The number of hydrogen-bond donors (Lipinski definition) is 1. The van der Waals surface area contributed by atoms with Crippen LogP contribution in [0.2, 0.25) is 0 Å². The number of benzene rings is 2. The Kier molecular flexibility index (Phi) is 3.94. The van der Waals surface area contributed by atoms with Gasteiger partial charge in [-0.25, -0.2) is 0 Å². The number of hydrogen-bond acceptors (Lipinski definition) is 4. The van der Waals surface area contributed by atoms with Crippen LogP contribution in [0, 0.1) is 0 Å². The number of carbonyl (C=O) groups excluding carboxylic acids is 1. The van der Waals surface area contributed by atoms with Crippen molar-refractivity contribution < 1.29 is 4.79 Å². The molecule has 0 aliphatic rings. The number of rotatable bonds is 4. The maximum Gasteiger partial charge on any atom is 0.176 e. The highest BCUT2D eigenvalue weighted by molar-refractivity contribution is 5.98. The van der Waals surface area contributed by atoms with Crippen molar-refractivity contribution in [1.82, 2.24) is 0 Å². The van der Waals surface area contributed by atoms with E-state index in [2.05, 4.69) is 10.2 Å². The molecule has 4 nitrogen and oxygen atoms in total. The molecule has 0 atom stereocenters.